The topological polar surface area (TPSA) is 23.6 Å². The van der Waals surface area contributed by atoms with E-state index >= 15 is 0 Å². The number of aryl methyl sites for hydroxylation is 1. The second-order valence-electron chi connectivity index (χ2n) is 6.45. The molecule has 4 heteroatoms. The first-order valence-electron chi connectivity index (χ1n) is 8.40. The van der Waals surface area contributed by atoms with Crippen LogP contribution in [0.25, 0.3) is 0 Å². The number of rotatable bonds is 4. The van der Waals surface area contributed by atoms with Gasteiger partial charge in [0.1, 0.15) is 5.82 Å². The van der Waals surface area contributed by atoms with E-state index in [-0.39, 0.29) is 11.7 Å². The van der Waals surface area contributed by atoms with E-state index in [0.29, 0.717) is 6.42 Å². The number of piperazine rings is 1. The lowest BCUT2D eigenvalue weighted by molar-refractivity contribution is -0.132. The number of nitrogens with zero attached hydrogens (tertiary/aromatic N) is 2. The van der Waals surface area contributed by atoms with Crippen LogP contribution in [0.5, 0.6) is 0 Å². The normalized spacial score (nSPS) is 15.5. The van der Waals surface area contributed by atoms with Crippen LogP contribution in [0.1, 0.15) is 16.7 Å². The van der Waals surface area contributed by atoms with Crippen LogP contribution in [0.15, 0.2) is 48.5 Å². The van der Waals surface area contributed by atoms with Crippen LogP contribution in [-0.2, 0) is 17.8 Å². The third-order valence-electron chi connectivity index (χ3n) is 4.50. The van der Waals surface area contributed by atoms with Crippen molar-refractivity contribution in [1.29, 1.82) is 0 Å². The molecule has 0 saturated carbocycles. The van der Waals surface area contributed by atoms with Crippen LogP contribution in [0.3, 0.4) is 0 Å². The molecule has 1 aliphatic rings. The van der Waals surface area contributed by atoms with Crippen LogP contribution in [0.4, 0.5) is 4.39 Å². The first-order valence-corrected chi connectivity index (χ1v) is 8.40. The summed E-state index contributed by atoms with van der Waals surface area (Å²) >= 11 is 0. The summed E-state index contributed by atoms with van der Waals surface area (Å²) in [7, 11) is 0. The van der Waals surface area contributed by atoms with E-state index in [2.05, 4.69) is 4.90 Å². The maximum absolute atomic E-state index is 13.2. The number of halogens is 1. The van der Waals surface area contributed by atoms with Crippen LogP contribution in [-0.4, -0.2) is 41.9 Å². The lowest BCUT2D eigenvalue weighted by Crippen LogP contribution is -2.48. The molecule has 3 rings (SSSR count). The highest BCUT2D eigenvalue weighted by Gasteiger charge is 2.21. The monoisotopic (exact) mass is 326 g/mol. The molecule has 0 N–H and O–H groups in total. The minimum absolute atomic E-state index is 0.184. The fraction of sp³-hybridized carbons (Fsp3) is 0.350. The van der Waals surface area contributed by atoms with Gasteiger partial charge in [0.15, 0.2) is 0 Å². The van der Waals surface area contributed by atoms with Crippen molar-refractivity contribution in [3.05, 3.63) is 71.0 Å². The quantitative estimate of drug-likeness (QED) is 0.862. The lowest BCUT2D eigenvalue weighted by atomic mass is 10.1. The molecule has 1 saturated heterocycles. The van der Waals surface area contributed by atoms with Gasteiger partial charge in [-0.3, -0.25) is 9.69 Å². The van der Waals surface area contributed by atoms with Crippen molar-refractivity contribution in [2.45, 2.75) is 19.9 Å². The summed E-state index contributed by atoms with van der Waals surface area (Å²) in [5.74, 6) is -0.0105. The van der Waals surface area contributed by atoms with Crippen LogP contribution >= 0.6 is 0 Å². The molecule has 0 bridgehead atoms. The average Bonchev–Trinajstić information content (AvgIpc) is 2.57. The molecule has 24 heavy (non-hydrogen) atoms. The molecule has 1 amide bonds. The zero-order valence-electron chi connectivity index (χ0n) is 14.0. The summed E-state index contributed by atoms with van der Waals surface area (Å²) < 4.78 is 13.2. The van der Waals surface area contributed by atoms with E-state index < -0.39 is 0 Å². The summed E-state index contributed by atoms with van der Waals surface area (Å²) in [4.78, 5) is 16.6. The van der Waals surface area contributed by atoms with Crippen LogP contribution < -0.4 is 0 Å². The zero-order chi connectivity index (χ0) is 16.9. The third-order valence-corrected chi connectivity index (χ3v) is 4.50. The molecule has 0 aliphatic carbocycles. The summed E-state index contributed by atoms with van der Waals surface area (Å²) in [5.41, 5.74) is 3.25. The smallest absolute Gasteiger partial charge is 0.227 e. The van der Waals surface area contributed by atoms with Crippen molar-refractivity contribution < 1.29 is 9.18 Å². The summed E-state index contributed by atoms with van der Waals surface area (Å²) in [6.45, 7) is 5.91. The standard InChI is InChI=1S/C20H23FN2O/c1-16-5-7-17(8-6-16)14-20(24)23-11-9-22(10-12-23)15-18-3-2-4-19(21)13-18/h2-8,13H,9-12,14-15H2,1H3. The van der Waals surface area contributed by atoms with Gasteiger partial charge in [0.05, 0.1) is 6.42 Å². The Morgan fingerprint density at radius 1 is 1.00 bits per heavy atom. The molecule has 1 fully saturated rings. The third kappa shape index (κ3) is 4.42. The Kier molecular flexibility index (Phi) is 5.26. The predicted molar refractivity (Wildman–Crippen MR) is 93.1 cm³/mol. The van der Waals surface area contributed by atoms with Gasteiger partial charge in [0, 0.05) is 32.7 Å². The van der Waals surface area contributed by atoms with E-state index in [1.165, 1.54) is 11.6 Å². The minimum atomic E-state index is -0.195. The van der Waals surface area contributed by atoms with Gasteiger partial charge in [0.2, 0.25) is 5.91 Å². The molecule has 1 heterocycles. The van der Waals surface area contributed by atoms with E-state index in [0.717, 1.165) is 43.9 Å². The number of carbonyl (C=O) groups is 1. The number of amides is 1. The molecule has 0 unspecified atom stereocenters. The number of benzene rings is 2. The fourth-order valence-electron chi connectivity index (χ4n) is 3.04. The van der Waals surface area contributed by atoms with Gasteiger partial charge >= 0.3 is 0 Å². The Morgan fingerprint density at radius 3 is 2.38 bits per heavy atom. The van der Waals surface area contributed by atoms with Gasteiger partial charge in [-0.1, -0.05) is 42.0 Å². The van der Waals surface area contributed by atoms with Gasteiger partial charge in [-0.2, -0.15) is 0 Å². The van der Waals surface area contributed by atoms with Crippen LogP contribution in [0.2, 0.25) is 0 Å². The van der Waals surface area contributed by atoms with Gasteiger partial charge in [0.25, 0.3) is 0 Å². The van der Waals surface area contributed by atoms with Crippen molar-refractivity contribution in [3.8, 4) is 0 Å². The van der Waals surface area contributed by atoms with Crippen molar-refractivity contribution in [2.24, 2.45) is 0 Å². The second-order valence-corrected chi connectivity index (χ2v) is 6.45. The molecule has 1 aliphatic heterocycles. The Bertz CT molecular complexity index is 691. The summed E-state index contributed by atoms with van der Waals surface area (Å²) in [6, 6.07) is 14.9. The highest BCUT2D eigenvalue weighted by molar-refractivity contribution is 5.78. The molecule has 2 aromatic carbocycles. The highest BCUT2D eigenvalue weighted by atomic mass is 19.1. The van der Waals surface area contributed by atoms with Gasteiger partial charge in [-0.15, -0.1) is 0 Å². The summed E-state index contributed by atoms with van der Waals surface area (Å²) in [5, 5.41) is 0. The Labute approximate surface area is 142 Å². The SMILES string of the molecule is Cc1ccc(CC(=O)N2CCN(Cc3cccc(F)c3)CC2)cc1. The van der Waals surface area contributed by atoms with Crippen LogP contribution in [0, 0.1) is 12.7 Å². The second kappa shape index (κ2) is 7.58. The molecule has 126 valence electrons. The number of hydrogen-bond donors (Lipinski definition) is 0. The largest absolute Gasteiger partial charge is 0.340 e. The maximum Gasteiger partial charge on any atom is 0.227 e. The molecule has 2 aromatic rings. The number of hydrogen-bond acceptors (Lipinski definition) is 2. The average molecular weight is 326 g/mol. The first-order chi connectivity index (χ1) is 11.6. The van der Waals surface area contributed by atoms with E-state index in [4.69, 9.17) is 0 Å². The van der Waals surface area contributed by atoms with Gasteiger partial charge < -0.3 is 4.90 Å². The number of carbonyl (C=O) groups excluding carboxylic acids is 1. The molecular formula is C20H23FN2O. The Hall–Kier alpha value is -2.20. The summed E-state index contributed by atoms with van der Waals surface area (Å²) in [6.07, 6.45) is 0.462. The molecule has 0 aromatic heterocycles. The van der Waals surface area contributed by atoms with Gasteiger partial charge in [-0.25, -0.2) is 4.39 Å². The van der Waals surface area contributed by atoms with E-state index in [1.807, 2.05) is 42.2 Å². The lowest BCUT2D eigenvalue weighted by Gasteiger charge is -2.34. The van der Waals surface area contributed by atoms with Crippen molar-refractivity contribution in [2.75, 3.05) is 26.2 Å². The maximum atomic E-state index is 13.2. The van der Waals surface area contributed by atoms with Crippen molar-refractivity contribution >= 4 is 5.91 Å². The molecule has 0 spiro atoms. The van der Waals surface area contributed by atoms with E-state index in [9.17, 15) is 9.18 Å². The fourth-order valence-corrected chi connectivity index (χ4v) is 3.04. The Morgan fingerprint density at radius 2 is 1.71 bits per heavy atom. The predicted octanol–water partition coefficient (Wildman–Crippen LogP) is 3.02. The minimum Gasteiger partial charge on any atom is -0.340 e. The highest BCUT2D eigenvalue weighted by Crippen LogP contribution is 2.12. The Balaban J connectivity index is 1.49. The zero-order valence-corrected chi connectivity index (χ0v) is 14.0. The van der Waals surface area contributed by atoms with Crippen molar-refractivity contribution in [1.82, 2.24) is 9.80 Å². The van der Waals surface area contributed by atoms with Gasteiger partial charge in [-0.05, 0) is 30.2 Å². The first kappa shape index (κ1) is 16.7. The van der Waals surface area contributed by atoms with E-state index in [1.54, 1.807) is 12.1 Å². The molecule has 3 nitrogen and oxygen atoms in total. The van der Waals surface area contributed by atoms with Crippen molar-refractivity contribution in [3.63, 3.8) is 0 Å². The molecular weight excluding hydrogens is 303 g/mol. The molecule has 0 radical (unpaired) electrons. The molecule has 0 atom stereocenters.